The van der Waals surface area contributed by atoms with Crippen molar-refractivity contribution >= 4 is 11.9 Å². The Kier molecular flexibility index (Phi) is 73.8. The number of allylic oxidation sites excluding steroid dienone is 2. The summed E-state index contributed by atoms with van der Waals surface area (Å²) in [6.07, 6.45) is 94.4. The van der Waals surface area contributed by atoms with Gasteiger partial charge in [0, 0.05) is 12.8 Å². The molecule has 506 valence electrons. The van der Waals surface area contributed by atoms with Gasteiger partial charge in [0.25, 0.3) is 0 Å². The zero-order valence-electron chi connectivity index (χ0n) is 58.1. The highest BCUT2D eigenvalue weighted by atomic mass is 16.5. The van der Waals surface area contributed by atoms with E-state index in [2.05, 4.69) is 31.3 Å². The van der Waals surface area contributed by atoms with Gasteiger partial charge in [-0.25, -0.2) is 0 Å². The largest absolute Gasteiger partial charge is 0.466 e. The van der Waals surface area contributed by atoms with Gasteiger partial charge in [-0.15, -0.1) is 0 Å². The minimum Gasteiger partial charge on any atom is -0.466 e. The fraction of sp³-hybridized carbons (Fsp3) is 0.949. The summed E-state index contributed by atoms with van der Waals surface area (Å²) in [6.45, 7) is 5.01. The fourth-order valence-electron chi connectivity index (χ4n) is 12.8. The van der Waals surface area contributed by atoms with Crippen molar-refractivity contribution in [2.45, 2.75) is 469 Å². The van der Waals surface area contributed by atoms with Crippen molar-refractivity contribution in [2.75, 3.05) is 13.2 Å². The molecule has 0 aliphatic heterocycles. The smallest absolute Gasteiger partial charge is 0.305 e. The van der Waals surface area contributed by atoms with Crippen LogP contribution in [0.25, 0.3) is 0 Å². The van der Waals surface area contributed by atoms with Crippen LogP contribution in [0.1, 0.15) is 457 Å². The maximum Gasteiger partial charge on any atom is 0.305 e. The predicted octanol–water partition coefficient (Wildman–Crippen LogP) is 25.9. The van der Waals surface area contributed by atoms with Gasteiger partial charge >= 0.3 is 5.97 Å². The van der Waals surface area contributed by atoms with E-state index in [1.54, 1.807) is 0 Å². The Bertz CT molecular complexity index is 1290. The Morgan fingerprint density at radius 3 is 0.835 bits per heavy atom. The molecule has 2 atom stereocenters. The molecule has 3 N–H and O–H groups in total. The van der Waals surface area contributed by atoms with Gasteiger partial charge in [0.2, 0.25) is 5.91 Å². The summed E-state index contributed by atoms with van der Waals surface area (Å²) in [7, 11) is 0. The molecule has 0 fully saturated rings. The predicted molar refractivity (Wildman–Crippen MR) is 375 cm³/mol. The second-order valence-corrected chi connectivity index (χ2v) is 27.4. The van der Waals surface area contributed by atoms with Crippen LogP contribution in [0.3, 0.4) is 0 Å². The number of carbonyl (C=O) groups is 2. The van der Waals surface area contributed by atoms with Crippen LogP contribution in [0.2, 0.25) is 0 Å². The Hall–Kier alpha value is -1.40. The Morgan fingerprint density at radius 2 is 0.553 bits per heavy atom. The summed E-state index contributed by atoms with van der Waals surface area (Å²) in [6, 6.07) is -0.540. The van der Waals surface area contributed by atoms with Crippen molar-refractivity contribution < 1.29 is 24.5 Å². The van der Waals surface area contributed by atoms with Gasteiger partial charge in [0.15, 0.2) is 0 Å². The van der Waals surface area contributed by atoms with Gasteiger partial charge < -0.3 is 20.3 Å². The van der Waals surface area contributed by atoms with E-state index in [4.69, 9.17) is 4.74 Å². The average molecular weight is 1200 g/mol. The second kappa shape index (κ2) is 75.1. The lowest BCUT2D eigenvalue weighted by Crippen LogP contribution is -2.45. The molecule has 2 unspecified atom stereocenters. The highest BCUT2D eigenvalue weighted by molar-refractivity contribution is 5.76. The highest BCUT2D eigenvalue weighted by Crippen LogP contribution is 2.20. The lowest BCUT2D eigenvalue weighted by Gasteiger charge is -2.22. The van der Waals surface area contributed by atoms with E-state index in [-0.39, 0.29) is 18.5 Å². The number of nitrogens with one attached hydrogen (secondary N) is 1. The summed E-state index contributed by atoms with van der Waals surface area (Å²) in [5.74, 6) is -0.00372. The number of carbonyl (C=O) groups excluding carboxylic acids is 2. The molecular formula is C79H155NO5. The van der Waals surface area contributed by atoms with Crippen LogP contribution in [-0.2, 0) is 14.3 Å². The number of aliphatic hydroxyl groups is 2. The number of amides is 1. The van der Waals surface area contributed by atoms with Crippen LogP contribution in [0, 0.1) is 0 Å². The standard InChI is InChI=1S/C79H155NO5/c1-3-5-7-9-11-13-15-17-19-21-36-40-43-47-51-55-59-63-67-71-77(82)76(75-81)80-78(83)72-68-64-60-56-52-48-44-41-37-34-32-30-28-26-24-22-23-25-27-29-31-33-35-38-42-46-50-54-58-62-66-70-74-85-79(84)73-69-65-61-57-53-49-45-39-20-18-16-14-12-10-8-6-4-2/h25,27,76-77,81-82H,3-24,26,28-75H2,1-2H3,(H,80,83)/b27-25-. The van der Waals surface area contributed by atoms with Crippen molar-refractivity contribution in [2.24, 2.45) is 0 Å². The fourth-order valence-corrected chi connectivity index (χ4v) is 12.8. The van der Waals surface area contributed by atoms with E-state index < -0.39 is 12.1 Å². The zero-order valence-corrected chi connectivity index (χ0v) is 58.1. The highest BCUT2D eigenvalue weighted by Gasteiger charge is 2.20. The molecule has 0 aromatic carbocycles. The van der Waals surface area contributed by atoms with Crippen LogP contribution in [-0.4, -0.2) is 47.4 Å². The van der Waals surface area contributed by atoms with Gasteiger partial charge in [0.05, 0.1) is 25.4 Å². The molecule has 0 spiro atoms. The van der Waals surface area contributed by atoms with Crippen LogP contribution >= 0.6 is 0 Å². The first-order chi connectivity index (χ1) is 42.0. The van der Waals surface area contributed by atoms with E-state index in [1.165, 1.54) is 385 Å². The van der Waals surface area contributed by atoms with E-state index >= 15 is 0 Å². The molecule has 0 radical (unpaired) electrons. The van der Waals surface area contributed by atoms with Crippen LogP contribution < -0.4 is 5.32 Å². The molecule has 0 aliphatic carbocycles. The number of esters is 1. The maximum atomic E-state index is 12.6. The number of hydrogen-bond acceptors (Lipinski definition) is 5. The van der Waals surface area contributed by atoms with Gasteiger partial charge in [0.1, 0.15) is 0 Å². The van der Waals surface area contributed by atoms with Gasteiger partial charge in [-0.3, -0.25) is 9.59 Å². The quantitative estimate of drug-likeness (QED) is 0.0320. The van der Waals surface area contributed by atoms with E-state index in [1.807, 2.05) is 0 Å². The summed E-state index contributed by atoms with van der Waals surface area (Å²) in [4.78, 5) is 24.7. The molecule has 6 nitrogen and oxygen atoms in total. The third-order valence-corrected chi connectivity index (χ3v) is 18.8. The molecule has 0 bridgehead atoms. The number of unbranched alkanes of at least 4 members (excludes halogenated alkanes) is 62. The molecule has 0 aromatic heterocycles. The molecule has 0 rings (SSSR count). The number of ether oxygens (including phenoxy) is 1. The Labute approximate surface area is 533 Å². The number of aliphatic hydroxyl groups excluding tert-OH is 2. The lowest BCUT2D eigenvalue weighted by atomic mass is 10.0. The topological polar surface area (TPSA) is 95.9 Å². The van der Waals surface area contributed by atoms with Gasteiger partial charge in [-0.2, -0.15) is 0 Å². The lowest BCUT2D eigenvalue weighted by molar-refractivity contribution is -0.143. The van der Waals surface area contributed by atoms with E-state index in [0.717, 1.165) is 38.5 Å². The first kappa shape index (κ1) is 83.6. The Balaban J connectivity index is 3.34. The third-order valence-electron chi connectivity index (χ3n) is 18.8. The minimum atomic E-state index is -0.663. The third kappa shape index (κ3) is 71.6. The van der Waals surface area contributed by atoms with Crippen molar-refractivity contribution in [1.82, 2.24) is 5.32 Å². The molecule has 0 heterocycles. The van der Waals surface area contributed by atoms with Crippen molar-refractivity contribution in [3.63, 3.8) is 0 Å². The second-order valence-electron chi connectivity index (χ2n) is 27.4. The number of rotatable bonds is 75. The van der Waals surface area contributed by atoms with Crippen molar-refractivity contribution in [1.29, 1.82) is 0 Å². The first-order valence-electron chi connectivity index (χ1n) is 39.4. The SMILES string of the molecule is CCCCCCCCCCCCCCCCCCCCCC(O)C(CO)NC(=O)CCCCCCCCCCCCCCCCCC/C=C\CCCCCCCCCCCCCCOC(=O)CCCCCCCCCCCCCCCCCCC. The average Bonchev–Trinajstić information content (AvgIpc) is 3.51. The van der Waals surface area contributed by atoms with Crippen LogP contribution in [0.5, 0.6) is 0 Å². The molecule has 85 heavy (non-hydrogen) atoms. The molecule has 0 aliphatic rings. The molecule has 0 saturated carbocycles. The van der Waals surface area contributed by atoms with Gasteiger partial charge in [-0.05, 0) is 51.4 Å². The van der Waals surface area contributed by atoms with Crippen molar-refractivity contribution in [3.8, 4) is 0 Å². The van der Waals surface area contributed by atoms with Crippen LogP contribution in [0.15, 0.2) is 12.2 Å². The van der Waals surface area contributed by atoms with E-state index in [9.17, 15) is 19.8 Å². The monoisotopic (exact) mass is 1200 g/mol. The van der Waals surface area contributed by atoms with Gasteiger partial charge in [-0.1, -0.05) is 405 Å². The summed E-state index contributed by atoms with van der Waals surface area (Å²) < 4.78 is 5.51. The van der Waals surface area contributed by atoms with Crippen molar-refractivity contribution in [3.05, 3.63) is 12.2 Å². The maximum absolute atomic E-state index is 12.6. The zero-order chi connectivity index (χ0) is 61.3. The summed E-state index contributed by atoms with van der Waals surface area (Å²) in [5, 5.41) is 23.4. The molecular weight excluding hydrogens is 1040 g/mol. The minimum absolute atomic E-state index is 0.0235. The number of hydrogen-bond donors (Lipinski definition) is 3. The molecule has 0 saturated heterocycles. The molecule has 1 amide bonds. The normalized spacial score (nSPS) is 12.5. The van der Waals surface area contributed by atoms with Crippen LogP contribution in [0.4, 0.5) is 0 Å². The summed E-state index contributed by atoms with van der Waals surface area (Å²) in [5.41, 5.74) is 0. The molecule has 0 aromatic rings. The first-order valence-corrected chi connectivity index (χ1v) is 39.4. The Morgan fingerprint density at radius 1 is 0.318 bits per heavy atom. The molecule has 6 heteroatoms. The summed E-state index contributed by atoms with van der Waals surface area (Å²) >= 11 is 0. The van der Waals surface area contributed by atoms with E-state index in [0.29, 0.717) is 25.9 Å².